The van der Waals surface area contributed by atoms with E-state index in [2.05, 4.69) is 24.3 Å². The predicted molar refractivity (Wildman–Crippen MR) is 78.4 cm³/mol. The molecule has 0 saturated heterocycles. The van der Waals surface area contributed by atoms with E-state index < -0.39 is 5.41 Å². The van der Waals surface area contributed by atoms with Gasteiger partial charge in [-0.2, -0.15) is 0 Å². The molecular weight excluding hydrogens is 254 g/mol. The van der Waals surface area contributed by atoms with Crippen LogP contribution in [0.15, 0.2) is 5.16 Å². The molecule has 0 bridgehead atoms. The zero-order valence-electron chi connectivity index (χ0n) is 12.6. The van der Waals surface area contributed by atoms with E-state index in [1.165, 1.54) is 12.8 Å². The number of oxime groups is 1. The highest BCUT2D eigenvalue weighted by molar-refractivity contribution is 6.07. The first-order valence-electron chi connectivity index (χ1n) is 7.77. The number of hydrogen-bond donors (Lipinski definition) is 3. The number of rotatable bonds is 3. The van der Waals surface area contributed by atoms with Crippen LogP contribution in [0.2, 0.25) is 0 Å². The van der Waals surface area contributed by atoms with Crippen molar-refractivity contribution in [3.63, 3.8) is 0 Å². The molecule has 2 unspecified atom stereocenters. The van der Waals surface area contributed by atoms with Crippen LogP contribution in [0.5, 0.6) is 0 Å². The van der Waals surface area contributed by atoms with Crippen molar-refractivity contribution in [2.24, 2.45) is 28.1 Å². The van der Waals surface area contributed by atoms with Crippen LogP contribution in [0.4, 0.5) is 0 Å². The third-order valence-corrected chi connectivity index (χ3v) is 5.02. The number of carbonyl (C=O) groups excluding carboxylic acids is 1. The topological polar surface area (TPSA) is 87.7 Å². The lowest BCUT2D eigenvalue weighted by molar-refractivity contribution is -0.134. The molecule has 20 heavy (non-hydrogen) atoms. The summed E-state index contributed by atoms with van der Waals surface area (Å²) in [5, 5.41) is 15.2. The molecule has 5 heteroatoms. The van der Waals surface area contributed by atoms with E-state index in [1.807, 2.05) is 0 Å². The lowest BCUT2D eigenvalue weighted by Crippen LogP contribution is -2.58. The SMILES string of the molecule is CC1CCCC(NC(=O)C2(C(N)=NO)CC(C)C2)CC1. The summed E-state index contributed by atoms with van der Waals surface area (Å²) in [5.74, 6) is 1.22. The fraction of sp³-hybridized carbons (Fsp3) is 0.867. The van der Waals surface area contributed by atoms with Gasteiger partial charge in [-0.15, -0.1) is 0 Å². The van der Waals surface area contributed by atoms with Gasteiger partial charge in [0.05, 0.1) is 0 Å². The molecule has 2 rings (SSSR count). The molecule has 114 valence electrons. The maximum Gasteiger partial charge on any atom is 0.234 e. The van der Waals surface area contributed by atoms with Crippen LogP contribution in [-0.4, -0.2) is 23.0 Å². The highest BCUT2D eigenvalue weighted by atomic mass is 16.4. The van der Waals surface area contributed by atoms with Gasteiger partial charge in [-0.25, -0.2) is 0 Å². The molecule has 0 aromatic carbocycles. The van der Waals surface area contributed by atoms with Gasteiger partial charge in [0.1, 0.15) is 5.41 Å². The second-order valence-corrected chi connectivity index (χ2v) is 6.86. The Balaban J connectivity index is 1.99. The first-order chi connectivity index (χ1) is 9.48. The molecule has 2 aliphatic rings. The van der Waals surface area contributed by atoms with E-state index in [-0.39, 0.29) is 17.8 Å². The Bertz CT molecular complexity index is 389. The Kier molecular flexibility index (Phi) is 4.55. The molecule has 2 atom stereocenters. The van der Waals surface area contributed by atoms with E-state index in [0.717, 1.165) is 25.2 Å². The van der Waals surface area contributed by atoms with Gasteiger partial charge in [-0.3, -0.25) is 4.79 Å². The summed E-state index contributed by atoms with van der Waals surface area (Å²) in [6, 6.07) is 0.242. The Morgan fingerprint density at radius 2 is 1.90 bits per heavy atom. The van der Waals surface area contributed by atoms with Gasteiger partial charge in [0.15, 0.2) is 5.84 Å². The van der Waals surface area contributed by atoms with E-state index >= 15 is 0 Å². The molecule has 2 fully saturated rings. The van der Waals surface area contributed by atoms with Crippen LogP contribution in [0.1, 0.15) is 58.8 Å². The molecule has 0 aliphatic heterocycles. The van der Waals surface area contributed by atoms with Gasteiger partial charge in [-0.05, 0) is 43.9 Å². The third kappa shape index (κ3) is 2.91. The van der Waals surface area contributed by atoms with Gasteiger partial charge in [0.25, 0.3) is 0 Å². The fourth-order valence-electron chi connectivity index (χ4n) is 3.69. The molecular formula is C15H27N3O2. The second-order valence-electron chi connectivity index (χ2n) is 6.86. The van der Waals surface area contributed by atoms with Crippen LogP contribution < -0.4 is 11.1 Å². The van der Waals surface area contributed by atoms with Crippen molar-refractivity contribution in [1.29, 1.82) is 0 Å². The maximum atomic E-state index is 12.6. The first kappa shape index (κ1) is 15.1. The molecule has 5 nitrogen and oxygen atoms in total. The minimum Gasteiger partial charge on any atom is -0.409 e. The smallest absolute Gasteiger partial charge is 0.234 e. The molecule has 1 amide bonds. The average Bonchev–Trinajstić information content (AvgIpc) is 2.58. The van der Waals surface area contributed by atoms with E-state index in [9.17, 15) is 4.79 Å². The number of hydrogen-bond acceptors (Lipinski definition) is 3. The molecule has 0 aromatic rings. The summed E-state index contributed by atoms with van der Waals surface area (Å²) >= 11 is 0. The second kappa shape index (κ2) is 6.02. The number of amidine groups is 1. The highest BCUT2D eigenvalue weighted by Crippen LogP contribution is 2.46. The van der Waals surface area contributed by atoms with Gasteiger partial charge >= 0.3 is 0 Å². The summed E-state index contributed by atoms with van der Waals surface area (Å²) in [6.07, 6.45) is 7.01. The zero-order valence-corrected chi connectivity index (χ0v) is 12.6. The summed E-state index contributed by atoms with van der Waals surface area (Å²) in [4.78, 5) is 12.6. The molecule has 0 aromatic heterocycles. The van der Waals surface area contributed by atoms with E-state index in [1.54, 1.807) is 0 Å². The molecule has 2 saturated carbocycles. The van der Waals surface area contributed by atoms with Gasteiger partial charge in [0, 0.05) is 6.04 Å². The molecule has 0 radical (unpaired) electrons. The Labute approximate surface area is 121 Å². The van der Waals surface area contributed by atoms with Crippen LogP contribution in [0, 0.1) is 17.3 Å². The number of nitrogens with one attached hydrogen (secondary N) is 1. The normalized spacial score (nSPS) is 38.7. The predicted octanol–water partition coefficient (Wildman–Crippen LogP) is 2.23. The van der Waals surface area contributed by atoms with Crippen LogP contribution in [0.25, 0.3) is 0 Å². The van der Waals surface area contributed by atoms with Crippen molar-refractivity contribution in [3.8, 4) is 0 Å². The fourth-order valence-corrected chi connectivity index (χ4v) is 3.69. The van der Waals surface area contributed by atoms with Crippen molar-refractivity contribution in [3.05, 3.63) is 0 Å². The van der Waals surface area contributed by atoms with Gasteiger partial charge in [-0.1, -0.05) is 31.8 Å². The maximum absolute atomic E-state index is 12.6. The minimum atomic E-state index is -0.772. The summed E-state index contributed by atoms with van der Waals surface area (Å²) in [5.41, 5.74) is 5.00. The number of carbonyl (C=O) groups is 1. The number of nitrogens with two attached hydrogens (primary N) is 1. The standard InChI is InChI=1S/C15H27N3O2/c1-10-4-3-5-12(7-6-10)17-14(19)15(13(16)18-20)8-11(2)9-15/h10-12,20H,3-9H2,1-2H3,(H2,16,18)(H,17,19). The summed E-state index contributed by atoms with van der Waals surface area (Å²) in [6.45, 7) is 4.36. The Morgan fingerprint density at radius 3 is 2.50 bits per heavy atom. The summed E-state index contributed by atoms with van der Waals surface area (Å²) < 4.78 is 0. The van der Waals surface area contributed by atoms with Gasteiger partial charge in [0.2, 0.25) is 5.91 Å². The lowest BCUT2D eigenvalue weighted by Gasteiger charge is -2.44. The molecule has 0 heterocycles. The van der Waals surface area contributed by atoms with Crippen molar-refractivity contribution < 1.29 is 10.0 Å². The summed E-state index contributed by atoms with van der Waals surface area (Å²) in [7, 11) is 0. The van der Waals surface area contributed by atoms with Crippen molar-refractivity contribution in [1.82, 2.24) is 5.32 Å². The monoisotopic (exact) mass is 281 g/mol. The van der Waals surface area contributed by atoms with Gasteiger partial charge < -0.3 is 16.3 Å². The Hall–Kier alpha value is -1.26. The molecule has 2 aliphatic carbocycles. The van der Waals surface area contributed by atoms with Crippen molar-refractivity contribution >= 4 is 11.7 Å². The largest absolute Gasteiger partial charge is 0.409 e. The van der Waals surface area contributed by atoms with Crippen LogP contribution in [-0.2, 0) is 4.79 Å². The third-order valence-electron chi connectivity index (χ3n) is 5.02. The van der Waals surface area contributed by atoms with E-state index in [4.69, 9.17) is 10.9 Å². The highest BCUT2D eigenvalue weighted by Gasteiger charge is 2.52. The quantitative estimate of drug-likeness (QED) is 0.244. The van der Waals surface area contributed by atoms with Crippen LogP contribution >= 0.6 is 0 Å². The number of nitrogens with zero attached hydrogens (tertiary/aromatic N) is 1. The Morgan fingerprint density at radius 1 is 1.20 bits per heavy atom. The lowest BCUT2D eigenvalue weighted by atomic mass is 9.61. The molecule has 4 N–H and O–H groups in total. The molecule has 0 spiro atoms. The van der Waals surface area contributed by atoms with Crippen molar-refractivity contribution in [2.75, 3.05) is 0 Å². The van der Waals surface area contributed by atoms with E-state index in [0.29, 0.717) is 18.8 Å². The van der Waals surface area contributed by atoms with Crippen molar-refractivity contribution in [2.45, 2.75) is 64.8 Å². The first-order valence-corrected chi connectivity index (χ1v) is 7.77. The number of amides is 1. The average molecular weight is 281 g/mol. The zero-order chi connectivity index (χ0) is 14.8. The van der Waals surface area contributed by atoms with Crippen LogP contribution in [0.3, 0.4) is 0 Å². The minimum absolute atomic E-state index is 0.0505.